The van der Waals surface area contributed by atoms with Crippen molar-refractivity contribution < 1.29 is 9.53 Å². The van der Waals surface area contributed by atoms with Gasteiger partial charge in [-0.2, -0.15) is 0 Å². The van der Waals surface area contributed by atoms with Gasteiger partial charge in [0.2, 0.25) is 5.91 Å². The summed E-state index contributed by atoms with van der Waals surface area (Å²) in [5.74, 6) is -0.101. The second kappa shape index (κ2) is 8.02. The molecule has 1 saturated heterocycles. The van der Waals surface area contributed by atoms with E-state index in [1.165, 1.54) is 0 Å². The Morgan fingerprint density at radius 1 is 1.40 bits per heavy atom. The Morgan fingerprint density at radius 3 is 2.85 bits per heavy atom. The van der Waals surface area contributed by atoms with E-state index in [-0.39, 0.29) is 11.8 Å². The van der Waals surface area contributed by atoms with Gasteiger partial charge in [0.05, 0.1) is 12.0 Å². The zero-order valence-electron chi connectivity index (χ0n) is 11.9. The topological polar surface area (TPSA) is 64.4 Å². The van der Waals surface area contributed by atoms with Gasteiger partial charge in [0, 0.05) is 19.7 Å². The predicted octanol–water partition coefficient (Wildman–Crippen LogP) is 1.49. The molecule has 1 aliphatic heterocycles. The molecule has 0 bridgehead atoms. The number of rotatable bonds is 7. The Labute approximate surface area is 120 Å². The summed E-state index contributed by atoms with van der Waals surface area (Å²) in [7, 11) is 0. The van der Waals surface area contributed by atoms with Crippen LogP contribution in [0, 0.1) is 5.92 Å². The maximum Gasteiger partial charge on any atom is 0.224 e. The first-order valence-electron chi connectivity index (χ1n) is 7.43. The van der Waals surface area contributed by atoms with Crippen LogP contribution in [0.5, 0.6) is 0 Å². The molecule has 0 aromatic heterocycles. The Balaban J connectivity index is 1.73. The summed E-state index contributed by atoms with van der Waals surface area (Å²) in [4.78, 5) is 12.1. The van der Waals surface area contributed by atoms with Crippen molar-refractivity contribution in [1.29, 1.82) is 0 Å². The summed E-state index contributed by atoms with van der Waals surface area (Å²) in [6, 6.07) is 10.0. The van der Waals surface area contributed by atoms with E-state index in [0.29, 0.717) is 25.6 Å². The first-order valence-corrected chi connectivity index (χ1v) is 7.43. The van der Waals surface area contributed by atoms with E-state index >= 15 is 0 Å². The van der Waals surface area contributed by atoms with Crippen molar-refractivity contribution in [2.24, 2.45) is 11.7 Å². The maximum absolute atomic E-state index is 12.1. The maximum atomic E-state index is 12.1. The summed E-state index contributed by atoms with van der Waals surface area (Å²) in [6.07, 6.45) is 4.16. The SMILES string of the molecule is NCC(Cc1ccccc1)C(=O)NCCC1CCCO1. The van der Waals surface area contributed by atoms with Crippen LogP contribution in [-0.4, -0.2) is 31.7 Å². The molecule has 1 fully saturated rings. The van der Waals surface area contributed by atoms with Crippen molar-refractivity contribution >= 4 is 5.91 Å². The first kappa shape index (κ1) is 15.0. The molecule has 1 heterocycles. The Morgan fingerprint density at radius 2 is 2.20 bits per heavy atom. The van der Waals surface area contributed by atoms with Gasteiger partial charge < -0.3 is 15.8 Å². The summed E-state index contributed by atoms with van der Waals surface area (Å²) in [5, 5.41) is 2.98. The smallest absolute Gasteiger partial charge is 0.224 e. The summed E-state index contributed by atoms with van der Waals surface area (Å²) >= 11 is 0. The minimum atomic E-state index is -0.151. The molecule has 2 unspecified atom stereocenters. The zero-order valence-corrected chi connectivity index (χ0v) is 11.9. The van der Waals surface area contributed by atoms with Gasteiger partial charge in [-0.3, -0.25) is 4.79 Å². The quantitative estimate of drug-likeness (QED) is 0.793. The molecule has 1 aliphatic rings. The number of hydrogen-bond acceptors (Lipinski definition) is 3. The Bertz CT molecular complexity index is 402. The van der Waals surface area contributed by atoms with E-state index in [1.807, 2.05) is 30.3 Å². The molecule has 4 nitrogen and oxygen atoms in total. The Kier molecular flexibility index (Phi) is 6.02. The van der Waals surface area contributed by atoms with E-state index in [2.05, 4.69) is 5.32 Å². The molecular weight excluding hydrogens is 252 g/mol. The number of carbonyl (C=O) groups is 1. The largest absolute Gasteiger partial charge is 0.378 e. The van der Waals surface area contributed by atoms with Crippen LogP contribution in [0.1, 0.15) is 24.8 Å². The van der Waals surface area contributed by atoms with E-state index < -0.39 is 0 Å². The van der Waals surface area contributed by atoms with Crippen molar-refractivity contribution in [1.82, 2.24) is 5.32 Å². The van der Waals surface area contributed by atoms with E-state index in [4.69, 9.17) is 10.5 Å². The lowest BCUT2D eigenvalue weighted by molar-refractivity contribution is -0.124. The van der Waals surface area contributed by atoms with Gasteiger partial charge in [-0.1, -0.05) is 30.3 Å². The minimum Gasteiger partial charge on any atom is -0.378 e. The van der Waals surface area contributed by atoms with Gasteiger partial charge in [0.25, 0.3) is 0 Å². The highest BCUT2D eigenvalue weighted by Crippen LogP contribution is 2.14. The molecule has 110 valence electrons. The van der Waals surface area contributed by atoms with Crippen LogP contribution in [0.15, 0.2) is 30.3 Å². The lowest BCUT2D eigenvalue weighted by Gasteiger charge is -2.16. The average molecular weight is 276 g/mol. The van der Waals surface area contributed by atoms with Crippen molar-refractivity contribution in [3.05, 3.63) is 35.9 Å². The molecule has 3 N–H and O–H groups in total. The highest BCUT2D eigenvalue weighted by Gasteiger charge is 2.19. The zero-order chi connectivity index (χ0) is 14.2. The van der Waals surface area contributed by atoms with Crippen LogP contribution in [-0.2, 0) is 16.0 Å². The normalized spacial score (nSPS) is 19.8. The summed E-state index contributed by atoms with van der Waals surface area (Å²) in [6.45, 7) is 1.91. The van der Waals surface area contributed by atoms with Gasteiger partial charge in [-0.25, -0.2) is 0 Å². The fraction of sp³-hybridized carbons (Fsp3) is 0.562. The van der Waals surface area contributed by atoms with Crippen LogP contribution in [0.4, 0.5) is 0 Å². The van der Waals surface area contributed by atoms with E-state index in [9.17, 15) is 4.79 Å². The lowest BCUT2D eigenvalue weighted by Crippen LogP contribution is -2.37. The number of ether oxygens (including phenoxy) is 1. The number of nitrogens with one attached hydrogen (secondary N) is 1. The molecule has 0 saturated carbocycles. The van der Waals surface area contributed by atoms with Crippen molar-refractivity contribution in [3.8, 4) is 0 Å². The number of nitrogens with two attached hydrogens (primary N) is 1. The molecule has 0 radical (unpaired) electrons. The second-order valence-electron chi connectivity index (χ2n) is 5.34. The molecule has 4 heteroatoms. The molecular formula is C16H24N2O2. The van der Waals surface area contributed by atoms with Gasteiger partial charge in [0.15, 0.2) is 0 Å². The first-order chi connectivity index (χ1) is 9.79. The van der Waals surface area contributed by atoms with Crippen LogP contribution >= 0.6 is 0 Å². The molecule has 20 heavy (non-hydrogen) atoms. The minimum absolute atomic E-state index is 0.0503. The molecule has 0 aliphatic carbocycles. The van der Waals surface area contributed by atoms with Gasteiger partial charge >= 0.3 is 0 Å². The van der Waals surface area contributed by atoms with Crippen LogP contribution in [0.2, 0.25) is 0 Å². The molecule has 1 aromatic rings. The molecule has 1 aromatic carbocycles. The highest BCUT2D eigenvalue weighted by atomic mass is 16.5. The number of amides is 1. The van der Waals surface area contributed by atoms with Gasteiger partial charge in [-0.05, 0) is 31.2 Å². The van der Waals surface area contributed by atoms with Gasteiger partial charge in [0.1, 0.15) is 0 Å². The molecule has 2 rings (SSSR count). The summed E-state index contributed by atoms with van der Waals surface area (Å²) in [5.41, 5.74) is 6.88. The van der Waals surface area contributed by atoms with E-state index in [1.54, 1.807) is 0 Å². The van der Waals surface area contributed by atoms with Crippen molar-refractivity contribution in [2.75, 3.05) is 19.7 Å². The Hall–Kier alpha value is -1.39. The third-order valence-electron chi connectivity index (χ3n) is 3.77. The van der Waals surface area contributed by atoms with Crippen molar-refractivity contribution in [3.63, 3.8) is 0 Å². The number of hydrogen-bond donors (Lipinski definition) is 2. The monoisotopic (exact) mass is 276 g/mol. The fourth-order valence-corrected chi connectivity index (χ4v) is 2.55. The van der Waals surface area contributed by atoms with Crippen LogP contribution in [0.3, 0.4) is 0 Å². The molecule has 1 amide bonds. The third-order valence-corrected chi connectivity index (χ3v) is 3.77. The predicted molar refractivity (Wildman–Crippen MR) is 79.3 cm³/mol. The van der Waals surface area contributed by atoms with Crippen LogP contribution < -0.4 is 11.1 Å². The van der Waals surface area contributed by atoms with E-state index in [0.717, 1.165) is 31.4 Å². The fourth-order valence-electron chi connectivity index (χ4n) is 2.55. The standard InChI is InChI=1S/C16H24N2O2/c17-12-14(11-13-5-2-1-3-6-13)16(19)18-9-8-15-7-4-10-20-15/h1-3,5-6,14-15H,4,7-12,17H2,(H,18,19). The van der Waals surface area contributed by atoms with Gasteiger partial charge in [-0.15, -0.1) is 0 Å². The second-order valence-corrected chi connectivity index (χ2v) is 5.34. The molecule has 2 atom stereocenters. The number of carbonyl (C=O) groups excluding carboxylic acids is 1. The highest BCUT2D eigenvalue weighted by molar-refractivity contribution is 5.79. The third kappa shape index (κ3) is 4.62. The number of benzene rings is 1. The van der Waals surface area contributed by atoms with Crippen LogP contribution in [0.25, 0.3) is 0 Å². The summed E-state index contributed by atoms with van der Waals surface area (Å²) < 4.78 is 5.54. The average Bonchev–Trinajstić information content (AvgIpc) is 2.99. The van der Waals surface area contributed by atoms with Crippen molar-refractivity contribution in [2.45, 2.75) is 31.8 Å². The molecule has 0 spiro atoms. The lowest BCUT2D eigenvalue weighted by atomic mass is 9.98.